The van der Waals surface area contributed by atoms with E-state index in [9.17, 15) is 0 Å². The lowest BCUT2D eigenvalue weighted by Gasteiger charge is -2.37. The van der Waals surface area contributed by atoms with Crippen LogP contribution in [0.2, 0.25) is 0 Å². The highest BCUT2D eigenvalue weighted by molar-refractivity contribution is 5.95. The molecule has 2 heterocycles. The van der Waals surface area contributed by atoms with Gasteiger partial charge in [-0.1, -0.05) is 12.1 Å². The first-order valence-corrected chi connectivity index (χ1v) is 8.32. The number of rotatable bonds is 3. The van der Waals surface area contributed by atoms with E-state index >= 15 is 0 Å². The summed E-state index contributed by atoms with van der Waals surface area (Å²) in [5.74, 6) is 0.802. The van der Waals surface area contributed by atoms with Gasteiger partial charge in [-0.25, -0.2) is 9.97 Å². The van der Waals surface area contributed by atoms with Crippen LogP contribution in [0.1, 0.15) is 31.0 Å². The predicted molar refractivity (Wildman–Crippen MR) is 99.1 cm³/mol. The molecule has 0 unspecified atom stereocenters. The van der Waals surface area contributed by atoms with Crippen LogP contribution in [-0.4, -0.2) is 34.5 Å². The van der Waals surface area contributed by atoms with Gasteiger partial charge in [-0.3, -0.25) is 5.41 Å². The number of benzene rings is 1. The average molecular weight is 351 g/mol. The molecule has 1 aliphatic rings. The molecule has 0 saturated carbocycles. The fraction of sp³-hybridized carbons (Fsp3) is 0.333. The Morgan fingerprint density at radius 3 is 2.69 bits per heavy atom. The van der Waals surface area contributed by atoms with Crippen molar-refractivity contribution in [3.05, 3.63) is 41.7 Å². The first kappa shape index (κ1) is 17.6. The van der Waals surface area contributed by atoms with E-state index in [4.69, 9.17) is 26.9 Å². The molecule has 26 heavy (non-hydrogen) atoms. The molecule has 1 aliphatic heterocycles. The SMILES string of the molecule is CC1(N)CCN(c2cnc(C(=N)Oc3ccccc3C#N)c(N)n2)CC1. The van der Waals surface area contributed by atoms with E-state index in [0.29, 0.717) is 11.4 Å². The fourth-order valence-electron chi connectivity index (χ4n) is 2.77. The van der Waals surface area contributed by atoms with Gasteiger partial charge < -0.3 is 21.1 Å². The highest BCUT2D eigenvalue weighted by Gasteiger charge is 2.27. The third-order valence-electron chi connectivity index (χ3n) is 4.45. The maximum atomic E-state index is 9.11. The Balaban J connectivity index is 1.75. The molecule has 1 saturated heterocycles. The number of nitriles is 1. The second-order valence-corrected chi connectivity index (χ2v) is 6.64. The summed E-state index contributed by atoms with van der Waals surface area (Å²) in [6.45, 7) is 3.61. The van der Waals surface area contributed by atoms with Crippen molar-refractivity contribution in [3.63, 3.8) is 0 Å². The van der Waals surface area contributed by atoms with Crippen LogP contribution in [0.15, 0.2) is 30.5 Å². The molecule has 8 nitrogen and oxygen atoms in total. The summed E-state index contributed by atoms with van der Waals surface area (Å²) in [7, 11) is 0. The summed E-state index contributed by atoms with van der Waals surface area (Å²) < 4.78 is 5.46. The molecule has 5 N–H and O–H groups in total. The molecule has 134 valence electrons. The lowest BCUT2D eigenvalue weighted by Crippen LogP contribution is -2.48. The van der Waals surface area contributed by atoms with Crippen LogP contribution in [0.3, 0.4) is 0 Å². The third-order valence-corrected chi connectivity index (χ3v) is 4.45. The van der Waals surface area contributed by atoms with E-state index in [-0.39, 0.29) is 28.7 Å². The van der Waals surface area contributed by atoms with E-state index in [1.54, 1.807) is 30.5 Å². The molecule has 0 atom stereocenters. The van der Waals surface area contributed by atoms with Crippen molar-refractivity contribution in [2.24, 2.45) is 5.73 Å². The van der Waals surface area contributed by atoms with Gasteiger partial charge in [0.25, 0.3) is 0 Å². The molecule has 1 aromatic heterocycles. The van der Waals surface area contributed by atoms with Gasteiger partial charge in [-0.05, 0) is 31.9 Å². The monoisotopic (exact) mass is 351 g/mol. The van der Waals surface area contributed by atoms with Crippen LogP contribution in [0.25, 0.3) is 0 Å². The predicted octanol–water partition coefficient (Wildman–Crippen LogP) is 1.65. The number of nitrogen functional groups attached to an aromatic ring is 1. The van der Waals surface area contributed by atoms with Gasteiger partial charge in [-0.2, -0.15) is 5.26 Å². The number of anilines is 2. The zero-order valence-electron chi connectivity index (χ0n) is 14.6. The Labute approximate surface area is 151 Å². The molecule has 3 rings (SSSR count). The zero-order chi connectivity index (χ0) is 18.7. The first-order valence-electron chi connectivity index (χ1n) is 8.32. The Kier molecular flexibility index (Phi) is 4.73. The van der Waals surface area contributed by atoms with Crippen LogP contribution < -0.4 is 21.1 Å². The number of nitrogens with zero attached hydrogens (tertiary/aromatic N) is 4. The lowest BCUT2D eigenvalue weighted by molar-refractivity contribution is 0.363. The Hall–Kier alpha value is -3.18. The van der Waals surface area contributed by atoms with E-state index < -0.39 is 0 Å². The highest BCUT2D eigenvalue weighted by Crippen LogP contribution is 2.24. The largest absolute Gasteiger partial charge is 0.436 e. The van der Waals surface area contributed by atoms with Gasteiger partial charge in [0.1, 0.15) is 17.6 Å². The van der Waals surface area contributed by atoms with Crippen molar-refractivity contribution < 1.29 is 4.74 Å². The Morgan fingerprint density at radius 2 is 2.04 bits per heavy atom. The molecule has 8 heteroatoms. The quantitative estimate of drug-likeness (QED) is 0.564. The summed E-state index contributed by atoms with van der Waals surface area (Å²) >= 11 is 0. The summed E-state index contributed by atoms with van der Waals surface area (Å²) in [5, 5.41) is 17.2. The molecule has 0 radical (unpaired) electrons. The number of nitrogens with one attached hydrogen (secondary N) is 1. The van der Waals surface area contributed by atoms with Gasteiger partial charge >= 0.3 is 0 Å². The van der Waals surface area contributed by atoms with Crippen LogP contribution in [-0.2, 0) is 0 Å². The number of aromatic nitrogens is 2. The minimum atomic E-state index is -0.252. The van der Waals surface area contributed by atoms with Crippen molar-refractivity contribution in [3.8, 4) is 11.8 Å². The molecule has 1 fully saturated rings. The summed E-state index contributed by atoms with van der Waals surface area (Å²) in [6, 6.07) is 8.70. The second kappa shape index (κ2) is 6.98. The number of piperidine rings is 1. The normalized spacial score (nSPS) is 16.0. The summed E-state index contributed by atoms with van der Waals surface area (Å²) in [4.78, 5) is 10.7. The number of nitrogens with two attached hydrogens (primary N) is 2. The number of hydrogen-bond donors (Lipinski definition) is 3. The van der Waals surface area contributed by atoms with Gasteiger partial charge in [-0.15, -0.1) is 0 Å². The maximum absolute atomic E-state index is 9.11. The minimum absolute atomic E-state index is 0.114. The molecule has 0 aliphatic carbocycles. The smallest absolute Gasteiger partial charge is 0.241 e. The fourth-order valence-corrected chi connectivity index (χ4v) is 2.77. The minimum Gasteiger partial charge on any atom is -0.436 e. The van der Waals surface area contributed by atoms with Crippen molar-refractivity contribution in [2.75, 3.05) is 23.7 Å². The Bertz CT molecular complexity index is 862. The zero-order valence-corrected chi connectivity index (χ0v) is 14.6. The van der Waals surface area contributed by atoms with Gasteiger partial charge in [0, 0.05) is 18.6 Å². The van der Waals surface area contributed by atoms with Crippen molar-refractivity contribution >= 4 is 17.5 Å². The van der Waals surface area contributed by atoms with E-state index in [1.807, 2.05) is 13.0 Å². The molecular formula is C18H21N7O. The highest BCUT2D eigenvalue weighted by atomic mass is 16.5. The second-order valence-electron chi connectivity index (χ2n) is 6.64. The molecule has 0 bridgehead atoms. The molecule has 1 aromatic carbocycles. The third kappa shape index (κ3) is 3.73. The van der Waals surface area contributed by atoms with Crippen molar-refractivity contribution in [1.82, 2.24) is 9.97 Å². The standard InChI is InChI=1S/C18H21N7O/c1-18(22)6-8-25(9-7-18)14-11-23-15(16(20)24-14)17(21)26-13-5-3-2-4-12(13)10-19/h2-5,11,21H,6-9,22H2,1H3,(H2,20,24). The first-order chi connectivity index (χ1) is 12.4. The van der Waals surface area contributed by atoms with Crippen LogP contribution in [0.4, 0.5) is 11.6 Å². The molecule has 0 amide bonds. The number of ether oxygens (including phenoxy) is 1. The van der Waals surface area contributed by atoms with E-state index in [0.717, 1.165) is 25.9 Å². The Morgan fingerprint density at radius 1 is 1.35 bits per heavy atom. The topological polar surface area (TPSA) is 138 Å². The summed E-state index contributed by atoms with van der Waals surface area (Å²) in [6.07, 6.45) is 3.30. The number of para-hydroxylation sites is 1. The van der Waals surface area contributed by atoms with Gasteiger partial charge in [0.05, 0.1) is 11.8 Å². The lowest BCUT2D eigenvalue weighted by atomic mass is 9.91. The molecular weight excluding hydrogens is 330 g/mol. The van der Waals surface area contributed by atoms with Crippen molar-refractivity contribution in [1.29, 1.82) is 10.7 Å². The van der Waals surface area contributed by atoms with E-state index in [2.05, 4.69) is 14.9 Å². The van der Waals surface area contributed by atoms with Gasteiger partial charge in [0.15, 0.2) is 11.5 Å². The van der Waals surface area contributed by atoms with Gasteiger partial charge in [0.2, 0.25) is 5.90 Å². The van der Waals surface area contributed by atoms with Crippen LogP contribution in [0.5, 0.6) is 5.75 Å². The average Bonchev–Trinajstić information content (AvgIpc) is 2.62. The number of hydrogen-bond acceptors (Lipinski definition) is 8. The van der Waals surface area contributed by atoms with Crippen LogP contribution >= 0.6 is 0 Å². The van der Waals surface area contributed by atoms with E-state index in [1.165, 1.54) is 0 Å². The summed E-state index contributed by atoms with van der Waals surface area (Å²) in [5.41, 5.74) is 12.5. The van der Waals surface area contributed by atoms with Crippen LogP contribution in [0, 0.1) is 16.7 Å². The molecule has 2 aromatic rings. The molecule has 0 spiro atoms. The van der Waals surface area contributed by atoms with Crippen molar-refractivity contribution in [2.45, 2.75) is 25.3 Å². The maximum Gasteiger partial charge on any atom is 0.241 e.